The lowest BCUT2D eigenvalue weighted by atomic mass is 10.1. The number of aryl methyl sites for hydroxylation is 2. The van der Waals surface area contributed by atoms with Crippen LogP contribution < -0.4 is 19.1 Å². The van der Waals surface area contributed by atoms with Crippen LogP contribution >= 0.6 is 0 Å². The zero-order valence-electron chi connectivity index (χ0n) is 26.1. The summed E-state index contributed by atoms with van der Waals surface area (Å²) < 4.78 is 40.3. The summed E-state index contributed by atoms with van der Waals surface area (Å²) in [5.74, 6) is -0.134. The monoisotopic (exact) mass is 609 g/mol. The van der Waals surface area contributed by atoms with Crippen LogP contribution in [0.25, 0.3) is 0 Å². The van der Waals surface area contributed by atoms with Crippen molar-refractivity contribution in [1.29, 1.82) is 0 Å². The van der Waals surface area contributed by atoms with E-state index < -0.39 is 28.5 Å². The second-order valence-electron chi connectivity index (χ2n) is 10.8. The first-order chi connectivity index (χ1) is 20.4. The van der Waals surface area contributed by atoms with Gasteiger partial charge in [0.25, 0.3) is 10.0 Å². The van der Waals surface area contributed by atoms with E-state index in [1.807, 2.05) is 71.0 Å². The first-order valence-electron chi connectivity index (χ1n) is 14.4. The van der Waals surface area contributed by atoms with E-state index >= 15 is 0 Å². The Hall–Kier alpha value is -4.05. The quantitative estimate of drug-likeness (QED) is 0.279. The number of carbonyl (C=O) groups is 2. The topological polar surface area (TPSA) is 105 Å². The molecule has 3 aromatic carbocycles. The lowest BCUT2D eigenvalue weighted by Gasteiger charge is -2.33. The smallest absolute Gasteiger partial charge is 0.264 e. The molecule has 0 radical (unpaired) electrons. The van der Waals surface area contributed by atoms with Crippen LogP contribution in [0.5, 0.6) is 11.5 Å². The maximum atomic E-state index is 14.3. The molecule has 0 aliphatic carbocycles. The number of carbonyl (C=O) groups excluding carboxylic acids is 2. The minimum absolute atomic E-state index is 0.0578. The predicted octanol–water partition coefficient (Wildman–Crippen LogP) is 4.89. The molecule has 0 spiro atoms. The molecule has 0 aromatic heterocycles. The Morgan fingerprint density at radius 1 is 0.884 bits per heavy atom. The van der Waals surface area contributed by atoms with E-state index in [1.165, 1.54) is 37.3 Å². The van der Waals surface area contributed by atoms with E-state index in [2.05, 4.69) is 5.32 Å². The zero-order valence-corrected chi connectivity index (χ0v) is 26.9. The number of methoxy groups -OCH3 is 2. The van der Waals surface area contributed by atoms with Crippen LogP contribution in [0.15, 0.2) is 71.6 Å². The van der Waals surface area contributed by atoms with E-state index in [0.717, 1.165) is 21.0 Å². The molecule has 1 atom stereocenters. The first kappa shape index (κ1) is 33.5. The number of ether oxygens (including phenoxy) is 2. The average molecular weight is 610 g/mol. The van der Waals surface area contributed by atoms with Gasteiger partial charge in [-0.1, -0.05) is 43.3 Å². The van der Waals surface area contributed by atoms with Crippen molar-refractivity contribution in [3.63, 3.8) is 0 Å². The molecule has 43 heavy (non-hydrogen) atoms. The average Bonchev–Trinajstić information content (AvgIpc) is 2.96. The molecule has 0 heterocycles. The molecule has 3 aromatic rings. The third kappa shape index (κ3) is 8.50. The SMILES string of the molecule is CC[C@@H](C(=O)NC(C)C)N(CCc1ccccc1)C(=O)CN(c1cc(C)cc(C)c1)S(=O)(=O)c1ccc(OC)c(OC)c1. The van der Waals surface area contributed by atoms with E-state index in [1.54, 1.807) is 12.1 Å². The molecule has 0 bridgehead atoms. The van der Waals surface area contributed by atoms with Gasteiger partial charge in [0, 0.05) is 18.7 Å². The number of rotatable bonds is 14. The fourth-order valence-corrected chi connectivity index (χ4v) is 6.42. The van der Waals surface area contributed by atoms with Crippen molar-refractivity contribution in [2.24, 2.45) is 0 Å². The lowest BCUT2D eigenvalue weighted by Crippen LogP contribution is -2.54. The number of sulfonamides is 1. The molecule has 3 rings (SSSR count). The van der Waals surface area contributed by atoms with Gasteiger partial charge in [0.05, 0.1) is 24.8 Å². The fourth-order valence-electron chi connectivity index (χ4n) is 5.00. The van der Waals surface area contributed by atoms with Crippen LogP contribution in [0.3, 0.4) is 0 Å². The summed E-state index contributed by atoms with van der Waals surface area (Å²) in [5, 5.41) is 2.92. The van der Waals surface area contributed by atoms with E-state index in [4.69, 9.17) is 9.47 Å². The second-order valence-corrected chi connectivity index (χ2v) is 12.6. The molecule has 0 fully saturated rings. The van der Waals surface area contributed by atoms with Crippen LogP contribution in [0.2, 0.25) is 0 Å². The van der Waals surface area contributed by atoms with Gasteiger partial charge < -0.3 is 19.7 Å². The van der Waals surface area contributed by atoms with Crippen LogP contribution in [-0.2, 0) is 26.0 Å². The molecule has 232 valence electrons. The number of nitrogens with one attached hydrogen (secondary N) is 1. The summed E-state index contributed by atoms with van der Waals surface area (Å²) in [7, 11) is -1.37. The number of anilines is 1. The first-order valence-corrected chi connectivity index (χ1v) is 15.8. The molecule has 0 aliphatic rings. The number of nitrogens with zero attached hydrogens (tertiary/aromatic N) is 2. The van der Waals surface area contributed by atoms with E-state index in [-0.39, 0.29) is 29.1 Å². The summed E-state index contributed by atoms with van der Waals surface area (Å²) in [6.45, 7) is 9.04. The number of benzene rings is 3. The third-order valence-corrected chi connectivity index (χ3v) is 8.79. The Bertz CT molecular complexity index is 1490. The van der Waals surface area contributed by atoms with Gasteiger partial charge >= 0.3 is 0 Å². The molecule has 0 aliphatic heterocycles. The Kier molecular flexibility index (Phi) is 11.6. The highest BCUT2D eigenvalue weighted by Crippen LogP contribution is 2.33. The van der Waals surface area contributed by atoms with Gasteiger partial charge in [-0.25, -0.2) is 8.42 Å². The fraction of sp³-hybridized carbons (Fsp3) is 0.394. The Morgan fingerprint density at radius 3 is 2.07 bits per heavy atom. The van der Waals surface area contributed by atoms with E-state index in [0.29, 0.717) is 24.3 Å². The largest absolute Gasteiger partial charge is 0.493 e. The van der Waals surface area contributed by atoms with Gasteiger partial charge in [-0.2, -0.15) is 0 Å². The van der Waals surface area contributed by atoms with Gasteiger partial charge in [0.2, 0.25) is 11.8 Å². The zero-order chi connectivity index (χ0) is 31.7. The summed E-state index contributed by atoms with van der Waals surface area (Å²) in [4.78, 5) is 28.9. The minimum atomic E-state index is -4.26. The van der Waals surface area contributed by atoms with Crippen molar-refractivity contribution in [2.45, 2.75) is 64.4 Å². The number of hydrogen-bond donors (Lipinski definition) is 1. The maximum Gasteiger partial charge on any atom is 0.264 e. The highest BCUT2D eigenvalue weighted by molar-refractivity contribution is 7.92. The predicted molar refractivity (Wildman–Crippen MR) is 169 cm³/mol. The Morgan fingerprint density at radius 2 is 1.51 bits per heavy atom. The molecule has 0 saturated carbocycles. The molecule has 0 saturated heterocycles. The normalized spacial score (nSPS) is 12.0. The van der Waals surface area contributed by atoms with Gasteiger partial charge in [0.1, 0.15) is 12.6 Å². The summed E-state index contributed by atoms with van der Waals surface area (Å²) in [5.41, 5.74) is 3.05. The molecule has 9 nitrogen and oxygen atoms in total. The number of amides is 2. The van der Waals surface area contributed by atoms with E-state index in [9.17, 15) is 18.0 Å². The Balaban J connectivity index is 2.09. The standard InChI is InChI=1S/C33H43N3O6S/c1-8-29(33(38)34-23(2)3)35(17-16-26-12-10-9-11-13-26)32(37)22-36(27-19-24(4)18-25(5)20-27)43(39,40)28-14-15-30(41-6)31(21-28)42-7/h9-15,18-21,23,29H,8,16-17,22H2,1-7H3,(H,34,38)/t29-/m0/s1. The van der Waals surface area contributed by atoms with Gasteiger partial charge in [-0.15, -0.1) is 0 Å². The highest BCUT2D eigenvalue weighted by Gasteiger charge is 2.34. The summed E-state index contributed by atoms with van der Waals surface area (Å²) in [6, 6.07) is 18.5. The second kappa shape index (κ2) is 14.9. The molecule has 0 unspecified atom stereocenters. The van der Waals surface area contributed by atoms with Crippen molar-refractivity contribution in [2.75, 3.05) is 31.6 Å². The third-order valence-electron chi connectivity index (χ3n) is 7.02. The molecular formula is C33H43N3O6S. The van der Waals surface area contributed by atoms with Crippen LogP contribution in [0, 0.1) is 13.8 Å². The van der Waals surface area contributed by atoms with Crippen LogP contribution in [-0.4, -0.2) is 64.5 Å². The lowest BCUT2D eigenvalue weighted by molar-refractivity contribution is -0.139. The van der Waals surface area contributed by atoms with Crippen molar-refractivity contribution >= 4 is 27.5 Å². The van der Waals surface area contributed by atoms with Crippen LogP contribution in [0.1, 0.15) is 43.9 Å². The number of hydrogen-bond acceptors (Lipinski definition) is 6. The van der Waals surface area contributed by atoms with Crippen molar-refractivity contribution < 1.29 is 27.5 Å². The molecular weight excluding hydrogens is 566 g/mol. The van der Waals surface area contributed by atoms with Crippen molar-refractivity contribution in [3.05, 3.63) is 83.4 Å². The van der Waals surface area contributed by atoms with Crippen LogP contribution in [0.4, 0.5) is 5.69 Å². The Labute approximate surface area is 255 Å². The highest BCUT2D eigenvalue weighted by atomic mass is 32.2. The van der Waals surface area contributed by atoms with Crippen molar-refractivity contribution in [1.82, 2.24) is 10.2 Å². The van der Waals surface area contributed by atoms with Crippen molar-refractivity contribution in [3.8, 4) is 11.5 Å². The molecule has 1 N–H and O–H groups in total. The molecule has 2 amide bonds. The summed E-state index contributed by atoms with van der Waals surface area (Å²) in [6.07, 6.45) is 0.870. The van der Waals surface area contributed by atoms with Gasteiger partial charge in [-0.05, 0) is 81.5 Å². The molecule has 10 heteroatoms. The van der Waals surface area contributed by atoms with Gasteiger partial charge in [0.15, 0.2) is 11.5 Å². The maximum absolute atomic E-state index is 14.3. The van der Waals surface area contributed by atoms with Gasteiger partial charge in [-0.3, -0.25) is 13.9 Å². The summed E-state index contributed by atoms with van der Waals surface area (Å²) >= 11 is 0. The minimum Gasteiger partial charge on any atom is -0.493 e.